The van der Waals surface area contributed by atoms with Gasteiger partial charge in [0.25, 0.3) is 4.57 Å². The van der Waals surface area contributed by atoms with Crippen LogP contribution in [0.3, 0.4) is 0 Å². The summed E-state index contributed by atoms with van der Waals surface area (Å²) in [7, 11) is 0. The quantitative estimate of drug-likeness (QED) is 0.169. The third-order valence-corrected chi connectivity index (χ3v) is 5.63. The highest BCUT2D eigenvalue weighted by Gasteiger charge is 2.17. The van der Waals surface area contributed by atoms with E-state index >= 15 is 0 Å². The van der Waals surface area contributed by atoms with E-state index in [-0.39, 0.29) is 0 Å². The van der Waals surface area contributed by atoms with E-state index < -0.39 is 0 Å². The molecule has 3 heteroatoms. The highest BCUT2D eigenvalue weighted by Crippen LogP contribution is 2.36. The first-order chi connectivity index (χ1) is 13.6. The molecule has 0 fully saturated rings. The van der Waals surface area contributed by atoms with Crippen molar-refractivity contribution in [3.8, 4) is 11.1 Å². The maximum Gasteiger partial charge on any atom is 0.251 e. The molecule has 0 spiro atoms. The van der Waals surface area contributed by atoms with Crippen LogP contribution < -0.4 is 5.46 Å². The molecule has 0 bridgehead atoms. The number of allylic oxidation sites excluding steroid dienone is 4. The fraction of sp³-hybridized carbons (Fsp3) is 0.0400. The van der Waals surface area contributed by atoms with Gasteiger partial charge in [0.1, 0.15) is 11.2 Å². The monoisotopic (exact) mass is 474 g/mol. The van der Waals surface area contributed by atoms with E-state index in [4.69, 9.17) is 4.42 Å². The molecule has 1 nitrogen and oxygen atoms in total. The van der Waals surface area contributed by atoms with E-state index in [9.17, 15) is 0 Å². The zero-order chi connectivity index (χ0) is 19.7. The van der Waals surface area contributed by atoms with E-state index in [1.807, 2.05) is 12.2 Å². The van der Waals surface area contributed by atoms with Crippen molar-refractivity contribution >= 4 is 59.9 Å². The predicted molar refractivity (Wildman–Crippen MR) is 133 cm³/mol. The molecule has 0 unspecified atom stereocenters. The van der Waals surface area contributed by atoms with Gasteiger partial charge in [-0.05, 0) is 28.2 Å². The zero-order valence-electron chi connectivity index (χ0n) is 15.8. The normalized spacial score (nSPS) is 11.4. The summed E-state index contributed by atoms with van der Waals surface area (Å²) in [6.45, 7) is 10.1. The molecule has 0 aliphatic carbocycles. The molecule has 0 atom stereocenters. The van der Waals surface area contributed by atoms with Crippen LogP contribution in [0.15, 0.2) is 96.5 Å². The van der Waals surface area contributed by atoms with Gasteiger partial charge in [-0.3, -0.25) is 0 Å². The maximum atomic E-state index is 6.44. The van der Waals surface area contributed by atoms with Crippen LogP contribution in [0.5, 0.6) is 0 Å². The molecule has 1 aromatic heterocycles. The second kappa shape index (κ2) is 7.84. The minimum absolute atomic E-state index is 0.383. The summed E-state index contributed by atoms with van der Waals surface area (Å²) in [6, 6.07) is 21.2. The van der Waals surface area contributed by atoms with Gasteiger partial charge < -0.3 is 4.42 Å². The highest BCUT2D eigenvalue weighted by atomic mass is 127. The molecule has 0 saturated heterocycles. The first kappa shape index (κ1) is 18.8. The summed E-state index contributed by atoms with van der Waals surface area (Å²) in [6.07, 6.45) is 5.64. The summed E-state index contributed by atoms with van der Waals surface area (Å²) in [5.41, 5.74) is 7.43. The minimum Gasteiger partial charge on any atom is -0.456 e. The fourth-order valence-electron chi connectivity index (χ4n) is 3.55. The lowest BCUT2D eigenvalue weighted by atomic mass is 9.72. The molecule has 0 N–H and O–H groups in total. The number of para-hydroxylation sites is 2. The van der Waals surface area contributed by atoms with Crippen molar-refractivity contribution in [1.29, 1.82) is 0 Å². The predicted octanol–water partition coefficient (Wildman–Crippen LogP) is 7.27. The average Bonchev–Trinajstić information content (AvgIpc) is 3.10. The van der Waals surface area contributed by atoms with Crippen molar-refractivity contribution in [2.24, 2.45) is 0 Å². The molecular weight excluding hydrogens is 454 g/mol. The molecule has 4 rings (SSSR count). The Labute approximate surface area is 179 Å². The Morgan fingerprint density at radius 3 is 2.46 bits per heavy atom. The number of benzene rings is 3. The number of hydrogen-bond donors (Lipinski definition) is 0. The second-order valence-electron chi connectivity index (χ2n) is 6.83. The van der Waals surface area contributed by atoms with Crippen LogP contribution in [0.4, 0.5) is 0 Å². The maximum absolute atomic E-state index is 6.44. The average molecular weight is 474 g/mol. The number of furan rings is 1. The molecule has 0 saturated carbocycles. The van der Waals surface area contributed by atoms with Gasteiger partial charge in [-0.2, -0.15) is 0 Å². The lowest BCUT2D eigenvalue weighted by Gasteiger charge is -2.06. The molecule has 1 heterocycles. The van der Waals surface area contributed by atoms with Gasteiger partial charge in [0.2, 0.25) is 0 Å². The van der Waals surface area contributed by atoms with Crippen molar-refractivity contribution in [1.82, 2.24) is 0 Å². The largest absolute Gasteiger partial charge is 0.456 e. The molecule has 136 valence electrons. The number of hydrogen-bond acceptors (Lipinski definition) is 1. The van der Waals surface area contributed by atoms with E-state index in [1.165, 1.54) is 10.8 Å². The van der Waals surface area contributed by atoms with Gasteiger partial charge >= 0.3 is 0 Å². The lowest BCUT2D eigenvalue weighted by molar-refractivity contribution is 0.672. The molecule has 0 aliphatic heterocycles. The molecule has 4 aromatic rings. The fourth-order valence-corrected chi connectivity index (χ4v) is 4.04. The number of fused-ring (bicyclic) bond motifs is 3. The Hall–Kier alpha value is -2.53. The zero-order valence-corrected chi connectivity index (χ0v) is 17.9. The molecule has 0 aliphatic rings. The van der Waals surface area contributed by atoms with Gasteiger partial charge in [-0.15, -0.1) is 22.4 Å². The smallest absolute Gasteiger partial charge is 0.251 e. The third kappa shape index (κ3) is 3.35. The Bertz CT molecular complexity index is 1230. The number of rotatable bonds is 5. The Morgan fingerprint density at radius 2 is 1.71 bits per heavy atom. The standard InChI is InChI=1S/C25H20BIO/c1-4-5-9-17(2)18-10-6-11-19(16-18)20-12-7-13-21-22-14-8-15-23(26(3)27)25(22)28-24(20)21/h4-16H,1-2H2,3H3/b9-5-. The van der Waals surface area contributed by atoms with Crippen LogP contribution in [-0.2, 0) is 0 Å². The van der Waals surface area contributed by atoms with E-state index in [0.717, 1.165) is 38.8 Å². The van der Waals surface area contributed by atoms with Crippen molar-refractivity contribution in [2.45, 2.75) is 6.82 Å². The Kier molecular flexibility index (Phi) is 5.27. The molecule has 0 radical (unpaired) electrons. The van der Waals surface area contributed by atoms with Crippen LogP contribution >= 0.6 is 22.4 Å². The molecule has 28 heavy (non-hydrogen) atoms. The van der Waals surface area contributed by atoms with Crippen molar-refractivity contribution in [3.05, 3.63) is 97.6 Å². The summed E-state index contributed by atoms with van der Waals surface area (Å²) in [4.78, 5) is 0. The molecule has 0 amide bonds. The van der Waals surface area contributed by atoms with Crippen molar-refractivity contribution in [3.63, 3.8) is 0 Å². The lowest BCUT2D eigenvalue weighted by Crippen LogP contribution is -2.19. The van der Waals surface area contributed by atoms with E-state index in [1.54, 1.807) is 6.08 Å². The Morgan fingerprint density at radius 1 is 1.00 bits per heavy atom. The first-order valence-corrected chi connectivity index (χ1v) is 10.5. The Balaban J connectivity index is 1.92. The van der Waals surface area contributed by atoms with Crippen molar-refractivity contribution in [2.75, 3.05) is 0 Å². The van der Waals surface area contributed by atoms with Crippen LogP contribution in [0.2, 0.25) is 6.82 Å². The second-order valence-corrected chi connectivity index (χ2v) is 8.69. The van der Waals surface area contributed by atoms with E-state index in [0.29, 0.717) is 4.57 Å². The van der Waals surface area contributed by atoms with Gasteiger partial charge in [0.05, 0.1) is 0 Å². The van der Waals surface area contributed by atoms with Gasteiger partial charge in [-0.25, -0.2) is 0 Å². The SMILES string of the molecule is C=C/C=C\C(=C)c1cccc(-c2cccc3c2oc2c(B(C)I)cccc23)c1. The van der Waals surface area contributed by atoms with Crippen LogP contribution in [0.1, 0.15) is 5.56 Å². The number of halogens is 1. The van der Waals surface area contributed by atoms with Crippen LogP contribution in [-0.4, -0.2) is 4.57 Å². The summed E-state index contributed by atoms with van der Waals surface area (Å²) in [5.74, 6) is 0. The first-order valence-electron chi connectivity index (χ1n) is 9.27. The third-order valence-electron chi connectivity index (χ3n) is 4.96. The summed E-state index contributed by atoms with van der Waals surface area (Å²) >= 11 is 2.44. The van der Waals surface area contributed by atoms with Crippen molar-refractivity contribution < 1.29 is 4.42 Å². The molecule has 3 aromatic carbocycles. The van der Waals surface area contributed by atoms with E-state index in [2.05, 4.69) is 103 Å². The topological polar surface area (TPSA) is 13.1 Å². The van der Waals surface area contributed by atoms with Gasteiger partial charge in [0, 0.05) is 16.3 Å². The van der Waals surface area contributed by atoms with Crippen LogP contribution in [0.25, 0.3) is 38.6 Å². The van der Waals surface area contributed by atoms with Gasteiger partial charge in [0.15, 0.2) is 0 Å². The molecular formula is C25H20BIO. The van der Waals surface area contributed by atoms with Crippen LogP contribution in [0, 0.1) is 0 Å². The highest BCUT2D eigenvalue weighted by molar-refractivity contribution is 14.1. The summed E-state index contributed by atoms with van der Waals surface area (Å²) in [5, 5.41) is 2.33. The van der Waals surface area contributed by atoms with Gasteiger partial charge in [-0.1, -0.05) is 92.8 Å². The minimum atomic E-state index is 0.383. The summed E-state index contributed by atoms with van der Waals surface area (Å²) < 4.78 is 6.82.